The van der Waals surface area contributed by atoms with Crippen LogP contribution in [-0.2, 0) is 4.79 Å². The third-order valence-electron chi connectivity index (χ3n) is 2.62. The SMILES string of the molecule is O=C(c1ccco1)N1CCC(F)(C(=O)O)C1. The van der Waals surface area contributed by atoms with Gasteiger partial charge in [-0.05, 0) is 12.1 Å². The normalized spacial score (nSPS) is 24.7. The number of carboxylic acid groups (broad SMARTS) is 1. The van der Waals surface area contributed by atoms with Crippen molar-refractivity contribution in [3.8, 4) is 0 Å². The Kier molecular flexibility index (Phi) is 2.41. The van der Waals surface area contributed by atoms with Crippen LogP contribution in [0, 0.1) is 0 Å². The average molecular weight is 227 g/mol. The number of amides is 1. The number of rotatable bonds is 2. The van der Waals surface area contributed by atoms with E-state index in [-0.39, 0.29) is 18.7 Å². The van der Waals surface area contributed by atoms with Crippen molar-refractivity contribution in [3.63, 3.8) is 0 Å². The van der Waals surface area contributed by atoms with E-state index >= 15 is 0 Å². The van der Waals surface area contributed by atoms with E-state index in [1.165, 1.54) is 12.3 Å². The first-order valence-corrected chi connectivity index (χ1v) is 4.78. The second-order valence-electron chi connectivity index (χ2n) is 3.72. The molecule has 0 aromatic carbocycles. The summed E-state index contributed by atoms with van der Waals surface area (Å²) >= 11 is 0. The van der Waals surface area contributed by atoms with E-state index in [1.54, 1.807) is 6.07 Å². The van der Waals surface area contributed by atoms with Crippen molar-refractivity contribution in [2.24, 2.45) is 0 Å². The highest BCUT2D eigenvalue weighted by Crippen LogP contribution is 2.27. The molecule has 0 radical (unpaired) electrons. The molecule has 1 unspecified atom stereocenters. The van der Waals surface area contributed by atoms with Crippen LogP contribution in [-0.4, -0.2) is 40.6 Å². The van der Waals surface area contributed by atoms with Crippen molar-refractivity contribution in [1.82, 2.24) is 4.90 Å². The van der Waals surface area contributed by atoms with Crippen LogP contribution in [0.3, 0.4) is 0 Å². The van der Waals surface area contributed by atoms with Gasteiger partial charge in [0, 0.05) is 13.0 Å². The van der Waals surface area contributed by atoms with Crippen molar-refractivity contribution in [2.75, 3.05) is 13.1 Å². The first-order valence-electron chi connectivity index (χ1n) is 4.78. The number of alkyl halides is 1. The summed E-state index contributed by atoms with van der Waals surface area (Å²) in [5, 5.41) is 8.67. The van der Waals surface area contributed by atoms with Crippen LogP contribution < -0.4 is 0 Å². The smallest absolute Gasteiger partial charge is 0.343 e. The summed E-state index contributed by atoms with van der Waals surface area (Å²) in [6, 6.07) is 3.00. The molecule has 1 aliphatic rings. The fourth-order valence-corrected chi connectivity index (χ4v) is 1.68. The predicted octanol–water partition coefficient (Wildman–Crippen LogP) is 0.918. The molecule has 1 N–H and O–H groups in total. The number of nitrogens with zero attached hydrogens (tertiary/aromatic N) is 1. The zero-order chi connectivity index (χ0) is 11.8. The zero-order valence-electron chi connectivity index (χ0n) is 8.35. The summed E-state index contributed by atoms with van der Waals surface area (Å²) in [7, 11) is 0. The Morgan fingerprint density at radius 1 is 1.56 bits per heavy atom. The highest BCUT2D eigenvalue weighted by Gasteiger charge is 2.47. The number of carbonyl (C=O) groups is 2. The van der Waals surface area contributed by atoms with Gasteiger partial charge >= 0.3 is 5.97 Å². The first kappa shape index (κ1) is 10.7. The number of carbonyl (C=O) groups excluding carboxylic acids is 1. The third-order valence-corrected chi connectivity index (χ3v) is 2.62. The number of likely N-dealkylation sites (tertiary alicyclic amines) is 1. The molecule has 5 nitrogen and oxygen atoms in total. The Morgan fingerprint density at radius 2 is 2.31 bits per heavy atom. The Balaban J connectivity index is 2.10. The molecular weight excluding hydrogens is 217 g/mol. The highest BCUT2D eigenvalue weighted by atomic mass is 19.1. The summed E-state index contributed by atoms with van der Waals surface area (Å²) in [6.07, 6.45) is 1.15. The molecule has 16 heavy (non-hydrogen) atoms. The number of halogens is 1. The Morgan fingerprint density at radius 3 is 2.81 bits per heavy atom. The van der Waals surface area contributed by atoms with Gasteiger partial charge in [-0.2, -0.15) is 0 Å². The summed E-state index contributed by atoms with van der Waals surface area (Å²) < 4.78 is 18.5. The quantitative estimate of drug-likeness (QED) is 0.815. The van der Waals surface area contributed by atoms with Gasteiger partial charge in [0.1, 0.15) is 0 Å². The topological polar surface area (TPSA) is 70.8 Å². The zero-order valence-corrected chi connectivity index (χ0v) is 8.35. The standard InChI is InChI=1S/C10H10FNO4/c11-10(9(14)15)3-4-12(6-10)8(13)7-2-1-5-16-7/h1-2,5H,3-4,6H2,(H,14,15). The molecule has 6 heteroatoms. The largest absolute Gasteiger partial charge is 0.479 e. The van der Waals surface area contributed by atoms with Gasteiger partial charge in [0.05, 0.1) is 12.8 Å². The maximum Gasteiger partial charge on any atom is 0.343 e. The van der Waals surface area contributed by atoms with Crippen molar-refractivity contribution < 1.29 is 23.5 Å². The lowest BCUT2D eigenvalue weighted by Crippen LogP contribution is -2.38. The Bertz CT molecular complexity index is 416. The molecule has 2 rings (SSSR count). The van der Waals surface area contributed by atoms with Crippen LogP contribution >= 0.6 is 0 Å². The second-order valence-corrected chi connectivity index (χ2v) is 3.72. The molecule has 1 saturated heterocycles. The lowest BCUT2D eigenvalue weighted by atomic mass is 10.1. The van der Waals surface area contributed by atoms with Crippen LogP contribution in [0.15, 0.2) is 22.8 Å². The molecule has 1 aromatic heterocycles. The van der Waals surface area contributed by atoms with Gasteiger partial charge < -0.3 is 14.4 Å². The van der Waals surface area contributed by atoms with Crippen molar-refractivity contribution in [3.05, 3.63) is 24.2 Å². The van der Waals surface area contributed by atoms with Crippen LogP contribution in [0.25, 0.3) is 0 Å². The maximum absolute atomic E-state index is 13.7. The third kappa shape index (κ3) is 1.66. The first-order chi connectivity index (χ1) is 7.53. The molecule has 1 fully saturated rings. The molecule has 1 amide bonds. The summed E-state index contributed by atoms with van der Waals surface area (Å²) in [5.41, 5.74) is -2.33. The lowest BCUT2D eigenvalue weighted by Gasteiger charge is -2.16. The van der Waals surface area contributed by atoms with Gasteiger partial charge in [-0.15, -0.1) is 0 Å². The summed E-state index contributed by atoms with van der Waals surface area (Å²) in [4.78, 5) is 23.5. The fourth-order valence-electron chi connectivity index (χ4n) is 1.68. The van der Waals surface area contributed by atoms with E-state index < -0.39 is 24.1 Å². The molecule has 0 bridgehead atoms. The van der Waals surface area contributed by atoms with Crippen LogP contribution in [0.1, 0.15) is 17.0 Å². The molecule has 0 aliphatic carbocycles. The molecule has 2 heterocycles. The van der Waals surface area contributed by atoms with Crippen LogP contribution in [0.2, 0.25) is 0 Å². The molecule has 1 aliphatic heterocycles. The van der Waals surface area contributed by atoms with E-state index in [1.807, 2.05) is 0 Å². The molecule has 1 aromatic rings. The Hall–Kier alpha value is -1.85. The number of aliphatic carboxylic acids is 1. The molecule has 0 spiro atoms. The fraction of sp³-hybridized carbons (Fsp3) is 0.400. The average Bonchev–Trinajstić information content (AvgIpc) is 2.85. The van der Waals surface area contributed by atoms with Gasteiger partial charge in [0.15, 0.2) is 5.76 Å². The molecule has 86 valence electrons. The number of hydrogen-bond donors (Lipinski definition) is 1. The van der Waals surface area contributed by atoms with Crippen molar-refractivity contribution in [1.29, 1.82) is 0 Å². The second kappa shape index (κ2) is 3.62. The van der Waals surface area contributed by atoms with Crippen molar-refractivity contribution in [2.45, 2.75) is 12.1 Å². The number of carboxylic acids is 1. The summed E-state index contributed by atoms with van der Waals surface area (Å²) in [6.45, 7) is -0.343. The lowest BCUT2D eigenvalue weighted by molar-refractivity contribution is -0.149. The van der Waals surface area contributed by atoms with Crippen molar-refractivity contribution >= 4 is 11.9 Å². The van der Waals surface area contributed by atoms with Gasteiger partial charge in [-0.1, -0.05) is 0 Å². The highest BCUT2D eigenvalue weighted by molar-refractivity contribution is 5.92. The van der Waals surface area contributed by atoms with E-state index in [2.05, 4.69) is 0 Å². The molecule has 0 saturated carbocycles. The molecule has 1 atom stereocenters. The minimum absolute atomic E-state index is 0.0856. The Labute approximate surface area is 90.5 Å². The van der Waals surface area contributed by atoms with E-state index in [0.717, 1.165) is 4.90 Å². The monoisotopic (exact) mass is 227 g/mol. The summed E-state index contributed by atoms with van der Waals surface area (Å²) in [5.74, 6) is -1.91. The van der Waals surface area contributed by atoms with Gasteiger partial charge in [0.25, 0.3) is 5.91 Å². The number of furan rings is 1. The van der Waals surface area contributed by atoms with Gasteiger partial charge in [-0.3, -0.25) is 4.79 Å². The maximum atomic E-state index is 13.7. The van der Waals surface area contributed by atoms with E-state index in [0.29, 0.717) is 0 Å². The van der Waals surface area contributed by atoms with E-state index in [4.69, 9.17) is 9.52 Å². The number of hydrogen-bond acceptors (Lipinski definition) is 3. The minimum atomic E-state index is -2.33. The minimum Gasteiger partial charge on any atom is -0.479 e. The van der Waals surface area contributed by atoms with Gasteiger partial charge in [-0.25, -0.2) is 9.18 Å². The van der Waals surface area contributed by atoms with Crippen LogP contribution in [0.4, 0.5) is 4.39 Å². The predicted molar refractivity (Wildman–Crippen MR) is 50.7 cm³/mol. The van der Waals surface area contributed by atoms with Gasteiger partial charge in [0.2, 0.25) is 5.67 Å². The van der Waals surface area contributed by atoms with Crippen LogP contribution in [0.5, 0.6) is 0 Å². The van der Waals surface area contributed by atoms with E-state index in [9.17, 15) is 14.0 Å². The molecular formula is C10H10FNO4.